The number of benzene rings is 1. The van der Waals surface area contributed by atoms with Crippen molar-refractivity contribution in [2.24, 2.45) is 10.9 Å². The van der Waals surface area contributed by atoms with E-state index < -0.39 is 24.4 Å². The molecule has 24 heavy (non-hydrogen) atoms. The lowest BCUT2D eigenvalue weighted by atomic mass is 9.76. The van der Waals surface area contributed by atoms with E-state index >= 15 is 0 Å². The quantitative estimate of drug-likeness (QED) is 0.660. The second kappa shape index (κ2) is 7.33. The summed E-state index contributed by atoms with van der Waals surface area (Å²) in [4.78, 5) is 16.6. The number of allylic oxidation sites excluding steroid dienone is 1. The number of carbonyl (C=O) groups excluding carboxylic acids is 1. The van der Waals surface area contributed by atoms with Crippen LogP contribution < -0.4 is 4.74 Å². The minimum Gasteiger partial charge on any atom is -0.466 e. The van der Waals surface area contributed by atoms with E-state index in [-0.39, 0.29) is 11.3 Å². The van der Waals surface area contributed by atoms with Gasteiger partial charge >= 0.3 is 12.6 Å². The predicted octanol–water partition coefficient (Wildman–Crippen LogP) is 3.56. The molecule has 1 aliphatic rings. The minimum atomic E-state index is -2.99. The van der Waals surface area contributed by atoms with E-state index in [2.05, 4.69) is 9.73 Å². The van der Waals surface area contributed by atoms with E-state index in [0.29, 0.717) is 17.0 Å². The Morgan fingerprint density at radius 2 is 2.00 bits per heavy atom. The maximum Gasteiger partial charge on any atom is 0.387 e. The lowest BCUT2D eigenvalue weighted by Gasteiger charge is -2.31. The van der Waals surface area contributed by atoms with E-state index in [4.69, 9.17) is 10.1 Å². The van der Waals surface area contributed by atoms with Crippen molar-refractivity contribution in [1.82, 2.24) is 0 Å². The molecule has 2 atom stereocenters. The summed E-state index contributed by atoms with van der Waals surface area (Å²) in [6.07, 6.45) is 1.15. The lowest BCUT2D eigenvalue weighted by molar-refractivity contribution is -0.136. The van der Waals surface area contributed by atoms with Gasteiger partial charge in [0.2, 0.25) is 0 Å². The van der Waals surface area contributed by atoms with Crippen molar-refractivity contribution < 1.29 is 23.0 Å². The van der Waals surface area contributed by atoms with Crippen LogP contribution in [-0.2, 0) is 9.53 Å². The summed E-state index contributed by atoms with van der Waals surface area (Å²) in [5, 5.41) is 7.70. The predicted molar refractivity (Wildman–Crippen MR) is 85.9 cm³/mol. The number of alkyl halides is 2. The Hall–Kier alpha value is -2.57. The number of methoxy groups -OCH3 is 1. The molecular formula is C17H18F2N2O3. The molecule has 0 bridgehead atoms. The first kappa shape index (κ1) is 17.8. The third-order valence-electron chi connectivity index (χ3n) is 3.94. The molecule has 0 amide bonds. The summed E-state index contributed by atoms with van der Waals surface area (Å²) in [6, 6.07) is 6.25. The summed E-state index contributed by atoms with van der Waals surface area (Å²) in [6.45, 7) is 0.394. The van der Waals surface area contributed by atoms with Crippen LogP contribution in [0, 0.1) is 11.3 Å². The van der Waals surface area contributed by atoms with Gasteiger partial charge in [-0.15, -0.1) is 0 Å². The second-order valence-electron chi connectivity index (χ2n) is 5.33. The Bertz CT molecular complexity index is 714. The van der Waals surface area contributed by atoms with Gasteiger partial charge in [-0.05, 0) is 19.9 Å². The van der Waals surface area contributed by atoms with Crippen molar-refractivity contribution in [3.8, 4) is 5.75 Å². The largest absolute Gasteiger partial charge is 0.466 e. The molecule has 0 saturated heterocycles. The van der Waals surface area contributed by atoms with E-state index in [1.807, 2.05) is 0 Å². The molecule has 1 aliphatic heterocycles. The first-order valence-corrected chi connectivity index (χ1v) is 7.29. The zero-order valence-electron chi connectivity index (χ0n) is 13.5. The fraction of sp³-hybridized carbons (Fsp3) is 0.353. The lowest BCUT2D eigenvalue weighted by Crippen LogP contribution is -2.31. The van der Waals surface area contributed by atoms with Crippen LogP contribution in [0.2, 0.25) is 0 Å². The van der Waals surface area contributed by atoms with Crippen LogP contribution in [0.25, 0.3) is 0 Å². The Kier molecular flexibility index (Phi) is 5.43. The highest BCUT2D eigenvalue weighted by Crippen LogP contribution is 2.42. The van der Waals surface area contributed by atoms with Gasteiger partial charge in [-0.3, -0.25) is 4.99 Å². The van der Waals surface area contributed by atoms with Gasteiger partial charge in [-0.25, -0.2) is 4.79 Å². The van der Waals surface area contributed by atoms with Crippen molar-refractivity contribution in [2.45, 2.75) is 26.4 Å². The van der Waals surface area contributed by atoms with Crippen molar-refractivity contribution in [3.63, 3.8) is 0 Å². The zero-order chi connectivity index (χ0) is 17.9. The standard InChI is InChI=1S/C17H18F2N2O3/c1-9-12(8-20)15(14(10(2)21-9)16(22)23-3)11-6-4-5-7-13(11)24-17(18)19/h4-8,12,15,17,20H,1-3H3. The number of carbonyl (C=O) groups is 1. The van der Waals surface area contributed by atoms with Crippen molar-refractivity contribution in [2.75, 3.05) is 7.11 Å². The Labute approximate surface area is 138 Å². The normalized spacial score (nSPS) is 20.7. The second-order valence-corrected chi connectivity index (χ2v) is 5.33. The third kappa shape index (κ3) is 3.34. The molecule has 0 radical (unpaired) electrons. The number of nitrogens with zero attached hydrogens (tertiary/aromatic N) is 1. The number of halogens is 2. The van der Waals surface area contributed by atoms with Gasteiger partial charge in [0.15, 0.2) is 0 Å². The average molecular weight is 336 g/mol. The molecule has 2 rings (SSSR count). The molecule has 1 heterocycles. The average Bonchev–Trinajstić information content (AvgIpc) is 2.53. The number of para-hydroxylation sites is 1. The molecule has 0 saturated carbocycles. The van der Waals surface area contributed by atoms with Crippen LogP contribution in [-0.4, -0.2) is 31.6 Å². The van der Waals surface area contributed by atoms with E-state index in [1.54, 1.807) is 32.0 Å². The first-order valence-electron chi connectivity index (χ1n) is 7.29. The van der Waals surface area contributed by atoms with Crippen molar-refractivity contribution in [1.29, 1.82) is 5.41 Å². The summed E-state index contributed by atoms with van der Waals surface area (Å²) in [7, 11) is 1.24. The van der Waals surface area contributed by atoms with Crippen LogP contribution in [0.1, 0.15) is 25.3 Å². The molecule has 0 aliphatic carbocycles. The molecule has 5 nitrogen and oxygen atoms in total. The molecule has 128 valence electrons. The fourth-order valence-corrected chi connectivity index (χ4v) is 2.94. The smallest absolute Gasteiger partial charge is 0.387 e. The maximum atomic E-state index is 12.7. The highest BCUT2D eigenvalue weighted by Gasteiger charge is 2.38. The summed E-state index contributed by atoms with van der Waals surface area (Å²) >= 11 is 0. The van der Waals surface area contributed by atoms with E-state index in [1.165, 1.54) is 13.2 Å². The summed E-state index contributed by atoms with van der Waals surface area (Å²) < 4.78 is 34.9. The molecule has 2 unspecified atom stereocenters. The summed E-state index contributed by atoms with van der Waals surface area (Å²) in [5.41, 5.74) is 1.68. The monoisotopic (exact) mass is 336 g/mol. The number of hydrogen-bond donors (Lipinski definition) is 1. The van der Waals surface area contributed by atoms with Crippen LogP contribution in [0.5, 0.6) is 5.75 Å². The number of hydrogen-bond acceptors (Lipinski definition) is 5. The molecule has 1 aromatic rings. The Morgan fingerprint density at radius 3 is 2.58 bits per heavy atom. The topological polar surface area (TPSA) is 71.7 Å². The first-order chi connectivity index (χ1) is 11.4. The van der Waals surface area contributed by atoms with E-state index in [0.717, 1.165) is 6.21 Å². The van der Waals surface area contributed by atoms with Crippen LogP contribution in [0.3, 0.4) is 0 Å². The number of aliphatic imine (C=N–C) groups is 1. The van der Waals surface area contributed by atoms with Gasteiger partial charge in [-0.2, -0.15) is 8.78 Å². The Morgan fingerprint density at radius 1 is 1.33 bits per heavy atom. The zero-order valence-corrected chi connectivity index (χ0v) is 13.5. The maximum absolute atomic E-state index is 12.7. The number of ether oxygens (including phenoxy) is 2. The van der Waals surface area contributed by atoms with Gasteiger partial charge < -0.3 is 14.9 Å². The van der Waals surface area contributed by atoms with Crippen molar-refractivity contribution in [3.05, 3.63) is 41.1 Å². The Balaban J connectivity index is 2.66. The van der Waals surface area contributed by atoms with E-state index in [9.17, 15) is 13.6 Å². The third-order valence-corrected chi connectivity index (χ3v) is 3.94. The number of rotatable bonds is 5. The summed E-state index contributed by atoms with van der Waals surface area (Å²) in [5.74, 6) is -1.87. The molecule has 1 aromatic carbocycles. The molecule has 0 fully saturated rings. The van der Waals surface area contributed by atoms with Crippen LogP contribution in [0.4, 0.5) is 8.78 Å². The molecular weight excluding hydrogens is 318 g/mol. The molecule has 1 N–H and O–H groups in total. The minimum absolute atomic E-state index is 0.0340. The van der Waals surface area contributed by atoms with Gasteiger partial charge in [0.25, 0.3) is 0 Å². The molecule has 7 heteroatoms. The van der Waals surface area contributed by atoms with Gasteiger partial charge in [0.1, 0.15) is 5.75 Å². The van der Waals surface area contributed by atoms with Gasteiger partial charge in [0.05, 0.1) is 12.7 Å². The molecule has 0 aromatic heterocycles. The molecule has 0 spiro atoms. The van der Waals surface area contributed by atoms with Gasteiger partial charge in [0, 0.05) is 35.0 Å². The highest BCUT2D eigenvalue weighted by atomic mass is 19.3. The van der Waals surface area contributed by atoms with Crippen molar-refractivity contribution >= 4 is 17.9 Å². The van der Waals surface area contributed by atoms with Crippen LogP contribution >= 0.6 is 0 Å². The SMILES string of the molecule is COC(=O)C1=C(C)N=C(C)C(C=N)C1c1ccccc1OC(F)F. The fourth-order valence-electron chi connectivity index (χ4n) is 2.94. The number of nitrogens with one attached hydrogen (secondary N) is 1. The highest BCUT2D eigenvalue weighted by molar-refractivity contribution is 6.04. The van der Waals surface area contributed by atoms with Crippen LogP contribution in [0.15, 0.2) is 40.5 Å². The number of esters is 1. The van der Waals surface area contributed by atoms with Gasteiger partial charge in [-0.1, -0.05) is 18.2 Å².